The quantitative estimate of drug-likeness (QED) is 0.410. The summed E-state index contributed by atoms with van der Waals surface area (Å²) >= 11 is 1.30. The number of furan rings is 1. The van der Waals surface area contributed by atoms with Gasteiger partial charge in [0.15, 0.2) is 5.17 Å². The van der Waals surface area contributed by atoms with Crippen LogP contribution in [0.5, 0.6) is 0 Å². The number of alkyl halides is 3. The van der Waals surface area contributed by atoms with E-state index in [0.29, 0.717) is 22.9 Å². The standard InChI is InChI=1S/C23H18F3N3O2S/c1-14-5-2-3-6-15(14)12-20-21(30)28-22(32-20)29-27-13-18-9-10-19(31-18)16-7-4-8-17(11-16)23(24,25)26/h2-11,13,20H,12H2,1H3,(H,28,29,30)/b27-13+. The second-order valence-electron chi connectivity index (χ2n) is 7.16. The molecule has 1 aliphatic heterocycles. The van der Waals surface area contributed by atoms with Crippen LogP contribution in [0.1, 0.15) is 22.5 Å². The van der Waals surface area contributed by atoms with Gasteiger partial charge in [-0.1, -0.05) is 48.2 Å². The van der Waals surface area contributed by atoms with Crippen LogP contribution in [0.4, 0.5) is 13.2 Å². The first kappa shape index (κ1) is 21.9. The number of benzene rings is 2. The third kappa shape index (κ3) is 5.11. The van der Waals surface area contributed by atoms with E-state index in [1.54, 1.807) is 12.1 Å². The molecule has 1 N–H and O–H groups in total. The Morgan fingerprint density at radius 2 is 1.94 bits per heavy atom. The molecule has 1 aromatic heterocycles. The van der Waals surface area contributed by atoms with Crippen LogP contribution < -0.4 is 5.32 Å². The van der Waals surface area contributed by atoms with Crippen molar-refractivity contribution in [1.82, 2.24) is 5.32 Å². The molecule has 4 rings (SSSR count). The molecular weight excluding hydrogens is 439 g/mol. The molecule has 164 valence electrons. The Labute approximate surface area is 186 Å². The average molecular weight is 457 g/mol. The Morgan fingerprint density at radius 3 is 2.72 bits per heavy atom. The summed E-state index contributed by atoms with van der Waals surface area (Å²) in [5.41, 5.74) is 1.78. The van der Waals surface area contributed by atoms with Crippen molar-refractivity contribution in [2.45, 2.75) is 24.8 Å². The zero-order chi connectivity index (χ0) is 22.7. The molecule has 9 heteroatoms. The molecule has 0 spiro atoms. The van der Waals surface area contributed by atoms with Crippen molar-refractivity contribution in [3.63, 3.8) is 0 Å². The molecule has 5 nitrogen and oxygen atoms in total. The van der Waals surface area contributed by atoms with E-state index < -0.39 is 11.7 Å². The van der Waals surface area contributed by atoms with Gasteiger partial charge in [0.25, 0.3) is 0 Å². The minimum Gasteiger partial charge on any atom is -0.455 e. The van der Waals surface area contributed by atoms with Gasteiger partial charge in [-0.3, -0.25) is 4.79 Å². The third-order valence-corrected chi connectivity index (χ3v) is 5.95. The first-order chi connectivity index (χ1) is 15.3. The Hall–Kier alpha value is -3.33. The van der Waals surface area contributed by atoms with Gasteiger partial charge in [-0.15, -0.1) is 5.10 Å². The number of carbonyl (C=O) groups excluding carboxylic acids is 1. The SMILES string of the molecule is Cc1ccccc1CC1S/C(=N/N=C/c2ccc(-c3cccc(C(F)(F)F)c3)o2)NC1=O. The summed E-state index contributed by atoms with van der Waals surface area (Å²) in [4.78, 5) is 12.2. The van der Waals surface area contributed by atoms with Gasteiger partial charge in [-0.05, 0) is 48.7 Å². The number of thioether (sulfide) groups is 1. The third-order valence-electron chi connectivity index (χ3n) is 4.88. The van der Waals surface area contributed by atoms with Gasteiger partial charge in [0.05, 0.1) is 17.0 Å². The molecule has 0 saturated carbocycles. The van der Waals surface area contributed by atoms with Crippen molar-refractivity contribution in [2.75, 3.05) is 0 Å². The maximum absolute atomic E-state index is 12.9. The number of carbonyl (C=O) groups is 1. The van der Waals surface area contributed by atoms with E-state index >= 15 is 0 Å². The molecule has 2 aromatic carbocycles. The zero-order valence-electron chi connectivity index (χ0n) is 16.9. The second-order valence-corrected chi connectivity index (χ2v) is 8.35. The monoisotopic (exact) mass is 457 g/mol. The molecule has 2 heterocycles. The number of aryl methyl sites for hydroxylation is 1. The zero-order valence-corrected chi connectivity index (χ0v) is 17.7. The smallest absolute Gasteiger partial charge is 0.416 e. The van der Waals surface area contributed by atoms with Crippen LogP contribution in [-0.2, 0) is 17.4 Å². The molecule has 0 bridgehead atoms. The van der Waals surface area contributed by atoms with E-state index in [1.807, 2.05) is 31.2 Å². The summed E-state index contributed by atoms with van der Waals surface area (Å²) in [6, 6.07) is 15.9. The van der Waals surface area contributed by atoms with Gasteiger partial charge in [-0.2, -0.15) is 18.3 Å². The molecule has 32 heavy (non-hydrogen) atoms. The van der Waals surface area contributed by atoms with Crippen LogP contribution in [-0.4, -0.2) is 22.5 Å². The lowest BCUT2D eigenvalue weighted by Crippen LogP contribution is -2.26. The van der Waals surface area contributed by atoms with E-state index in [1.165, 1.54) is 30.1 Å². The molecule has 1 fully saturated rings. The van der Waals surface area contributed by atoms with Crippen LogP contribution in [0.15, 0.2) is 75.3 Å². The fourth-order valence-electron chi connectivity index (χ4n) is 3.19. The predicted molar refractivity (Wildman–Crippen MR) is 119 cm³/mol. The Balaban J connectivity index is 1.41. The van der Waals surface area contributed by atoms with Gasteiger partial charge in [0, 0.05) is 5.56 Å². The lowest BCUT2D eigenvalue weighted by atomic mass is 10.0. The number of amidine groups is 1. The first-order valence-electron chi connectivity index (χ1n) is 9.70. The number of rotatable bonds is 5. The number of halogens is 3. The summed E-state index contributed by atoms with van der Waals surface area (Å²) in [7, 11) is 0. The fraction of sp³-hybridized carbons (Fsp3) is 0.174. The van der Waals surface area contributed by atoms with Crippen molar-refractivity contribution in [3.8, 4) is 11.3 Å². The number of hydrogen-bond donors (Lipinski definition) is 1. The lowest BCUT2D eigenvalue weighted by Gasteiger charge is -2.07. The highest BCUT2D eigenvalue weighted by atomic mass is 32.2. The molecule has 1 atom stereocenters. The van der Waals surface area contributed by atoms with E-state index in [-0.39, 0.29) is 16.9 Å². The summed E-state index contributed by atoms with van der Waals surface area (Å²) in [6.07, 6.45) is -2.50. The fourth-order valence-corrected chi connectivity index (χ4v) is 4.14. The number of nitrogens with zero attached hydrogens (tertiary/aromatic N) is 2. The van der Waals surface area contributed by atoms with Crippen LogP contribution in [0.25, 0.3) is 11.3 Å². The molecule has 1 unspecified atom stereocenters. The van der Waals surface area contributed by atoms with Gasteiger partial charge >= 0.3 is 6.18 Å². The minimum atomic E-state index is -4.43. The van der Waals surface area contributed by atoms with E-state index in [2.05, 4.69) is 15.5 Å². The van der Waals surface area contributed by atoms with E-state index in [0.717, 1.165) is 23.3 Å². The maximum Gasteiger partial charge on any atom is 0.416 e. The lowest BCUT2D eigenvalue weighted by molar-refractivity contribution is -0.137. The van der Waals surface area contributed by atoms with Crippen molar-refractivity contribution in [3.05, 3.63) is 83.1 Å². The molecule has 1 saturated heterocycles. The molecule has 3 aromatic rings. The number of amides is 1. The van der Waals surface area contributed by atoms with Crippen LogP contribution in [0.2, 0.25) is 0 Å². The van der Waals surface area contributed by atoms with Crippen molar-refractivity contribution >= 4 is 29.1 Å². The largest absolute Gasteiger partial charge is 0.455 e. The summed E-state index contributed by atoms with van der Waals surface area (Å²) in [5.74, 6) is 0.483. The summed E-state index contributed by atoms with van der Waals surface area (Å²) in [5, 5.41) is 10.8. The van der Waals surface area contributed by atoms with E-state index in [9.17, 15) is 18.0 Å². The van der Waals surface area contributed by atoms with E-state index in [4.69, 9.17) is 4.42 Å². The predicted octanol–water partition coefficient (Wildman–Crippen LogP) is 5.44. The molecular formula is C23H18F3N3O2S. The van der Waals surface area contributed by atoms with Gasteiger partial charge in [0.2, 0.25) is 5.91 Å². The molecule has 1 aliphatic rings. The highest BCUT2D eigenvalue weighted by molar-refractivity contribution is 8.15. The Kier molecular flexibility index (Phi) is 6.18. The van der Waals surface area contributed by atoms with Gasteiger partial charge < -0.3 is 9.73 Å². The van der Waals surface area contributed by atoms with Gasteiger partial charge in [0.1, 0.15) is 11.5 Å². The van der Waals surface area contributed by atoms with Crippen molar-refractivity contribution in [2.24, 2.45) is 10.2 Å². The van der Waals surface area contributed by atoms with Crippen LogP contribution in [0.3, 0.4) is 0 Å². The summed E-state index contributed by atoms with van der Waals surface area (Å²) in [6.45, 7) is 2.00. The Bertz CT molecular complexity index is 1200. The van der Waals surface area contributed by atoms with Crippen LogP contribution in [0, 0.1) is 6.92 Å². The van der Waals surface area contributed by atoms with Gasteiger partial charge in [-0.25, -0.2) is 0 Å². The topological polar surface area (TPSA) is 67.0 Å². The Morgan fingerprint density at radius 1 is 1.12 bits per heavy atom. The first-order valence-corrected chi connectivity index (χ1v) is 10.6. The average Bonchev–Trinajstić information content (AvgIpc) is 3.36. The van der Waals surface area contributed by atoms with Crippen LogP contribution >= 0.6 is 11.8 Å². The van der Waals surface area contributed by atoms with Crippen molar-refractivity contribution < 1.29 is 22.4 Å². The second kappa shape index (κ2) is 9.04. The molecule has 0 radical (unpaired) electrons. The number of nitrogens with one attached hydrogen (secondary N) is 1. The molecule has 0 aliphatic carbocycles. The highest BCUT2D eigenvalue weighted by Crippen LogP contribution is 2.32. The summed E-state index contributed by atoms with van der Waals surface area (Å²) < 4.78 is 44.3. The van der Waals surface area contributed by atoms with Crippen molar-refractivity contribution in [1.29, 1.82) is 0 Å². The highest BCUT2D eigenvalue weighted by Gasteiger charge is 2.31. The number of hydrogen-bond acceptors (Lipinski definition) is 5. The maximum atomic E-state index is 12.9. The minimum absolute atomic E-state index is 0.128. The normalized spacial score (nSPS) is 17.9. The molecule has 1 amide bonds.